The Morgan fingerprint density at radius 3 is 1.29 bits per heavy atom. The average molecular weight is 671 g/mol. The molecule has 0 aromatic heterocycles. The summed E-state index contributed by atoms with van der Waals surface area (Å²) in [7, 11) is -5.02. The lowest BCUT2D eigenvalue weighted by Crippen LogP contribution is -2.68. The quantitative estimate of drug-likeness (QED) is 0.171. The minimum Gasteiger partial charge on any atom is -0.298 e. The fourth-order valence-corrected chi connectivity index (χ4v) is 21.6. The van der Waals surface area contributed by atoms with Crippen molar-refractivity contribution in [3.05, 3.63) is 132 Å². The van der Waals surface area contributed by atoms with Crippen LogP contribution in [0.25, 0.3) is 0 Å². The van der Waals surface area contributed by atoms with E-state index in [1.54, 1.807) is 5.20 Å². The number of ketones is 1. The summed E-state index contributed by atoms with van der Waals surface area (Å²) < 4.78 is 0. The SMILES string of the molecule is CC1=C([Si](c2ccccc2)(c2ccccc2)C(C)(C)C)CC(C[Si](c2ccccc2)(c2ccccc2)C(C)(C)C)CC1C(=O)C(C)(C)C. The van der Waals surface area contributed by atoms with Gasteiger partial charge in [-0.05, 0) is 52.2 Å². The third-order valence-corrected chi connectivity index (χ3v) is 24.1. The predicted molar refractivity (Wildman–Crippen MR) is 213 cm³/mol. The summed E-state index contributed by atoms with van der Waals surface area (Å²) >= 11 is 0. The summed E-state index contributed by atoms with van der Waals surface area (Å²) in [5.74, 6) is 0.689. The molecule has 0 saturated carbocycles. The first-order valence-electron chi connectivity index (χ1n) is 18.0. The topological polar surface area (TPSA) is 17.1 Å². The van der Waals surface area contributed by atoms with Crippen LogP contribution < -0.4 is 20.7 Å². The van der Waals surface area contributed by atoms with E-state index in [-0.39, 0.29) is 16.0 Å². The van der Waals surface area contributed by atoms with E-state index in [0.29, 0.717) is 11.7 Å². The van der Waals surface area contributed by atoms with E-state index in [2.05, 4.69) is 191 Å². The Morgan fingerprint density at radius 1 is 0.583 bits per heavy atom. The van der Waals surface area contributed by atoms with Crippen LogP contribution in [0.1, 0.15) is 82.1 Å². The van der Waals surface area contributed by atoms with Crippen molar-refractivity contribution in [3.8, 4) is 0 Å². The number of Topliss-reactive ketones (excluding diaryl/α,β-unsaturated/α-hetero) is 1. The van der Waals surface area contributed by atoms with Crippen LogP contribution in [0, 0.1) is 17.3 Å². The molecule has 0 saturated heterocycles. The molecule has 1 nitrogen and oxygen atoms in total. The van der Waals surface area contributed by atoms with Gasteiger partial charge in [-0.15, -0.1) is 0 Å². The maximum absolute atomic E-state index is 14.7. The molecule has 2 unspecified atom stereocenters. The molecule has 0 amide bonds. The molecule has 1 aliphatic rings. The van der Waals surface area contributed by atoms with Crippen molar-refractivity contribution in [1.82, 2.24) is 0 Å². The lowest BCUT2D eigenvalue weighted by atomic mass is 9.73. The molecule has 252 valence electrons. The highest BCUT2D eigenvalue weighted by Crippen LogP contribution is 2.51. The number of carbonyl (C=O) groups is 1. The van der Waals surface area contributed by atoms with Crippen LogP contribution in [-0.4, -0.2) is 21.9 Å². The zero-order valence-electron chi connectivity index (χ0n) is 31.2. The maximum Gasteiger partial charge on any atom is 0.149 e. The van der Waals surface area contributed by atoms with Crippen LogP contribution in [0.15, 0.2) is 132 Å². The van der Waals surface area contributed by atoms with Crippen molar-refractivity contribution in [3.63, 3.8) is 0 Å². The first kappa shape index (κ1) is 36.0. The molecule has 0 heterocycles. The van der Waals surface area contributed by atoms with Gasteiger partial charge in [-0.1, -0.05) is 205 Å². The minimum absolute atomic E-state index is 0.0269. The van der Waals surface area contributed by atoms with Crippen LogP contribution in [0.3, 0.4) is 0 Å². The average Bonchev–Trinajstić information content (AvgIpc) is 3.05. The molecule has 5 rings (SSSR count). The van der Waals surface area contributed by atoms with Gasteiger partial charge in [0.05, 0.1) is 0 Å². The largest absolute Gasteiger partial charge is 0.298 e. The highest BCUT2D eigenvalue weighted by molar-refractivity contribution is 7.09. The second-order valence-corrected chi connectivity index (χ2v) is 27.1. The number of allylic oxidation sites excluding steroid dienone is 2. The Kier molecular flexibility index (Phi) is 10.2. The Morgan fingerprint density at radius 2 is 0.958 bits per heavy atom. The smallest absolute Gasteiger partial charge is 0.149 e. The summed E-state index contributed by atoms with van der Waals surface area (Å²) in [5.41, 5.74) is 0.935. The molecule has 1 aliphatic carbocycles. The number of benzene rings is 4. The highest BCUT2D eigenvalue weighted by atomic mass is 28.3. The lowest BCUT2D eigenvalue weighted by molar-refractivity contribution is -0.129. The summed E-state index contributed by atoms with van der Waals surface area (Å²) in [6.07, 6.45) is 1.96. The highest BCUT2D eigenvalue weighted by Gasteiger charge is 2.55. The number of rotatable bonds is 8. The molecule has 4 aromatic rings. The Labute approximate surface area is 293 Å². The van der Waals surface area contributed by atoms with Gasteiger partial charge in [0.2, 0.25) is 0 Å². The summed E-state index contributed by atoms with van der Waals surface area (Å²) in [6.45, 7) is 23.5. The molecule has 2 atom stereocenters. The molecule has 0 aliphatic heterocycles. The Bertz CT molecular complexity index is 1620. The second kappa shape index (κ2) is 13.6. The molecule has 4 aromatic carbocycles. The van der Waals surface area contributed by atoms with Gasteiger partial charge in [0, 0.05) is 11.3 Å². The number of hydrogen-bond donors (Lipinski definition) is 0. The minimum atomic E-state index is -2.64. The second-order valence-electron chi connectivity index (χ2n) is 17.5. The van der Waals surface area contributed by atoms with Crippen molar-refractivity contribution in [1.29, 1.82) is 0 Å². The zero-order chi connectivity index (χ0) is 35.0. The van der Waals surface area contributed by atoms with Gasteiger partial charge >= 0.3 is 0 Å². The van der Waals surface area contributed by atoms with Gasteiger partial charge < -0.3 is 0 Å². The van der Waals surface area contributed by atoms with Gasteiger partial charge in [-0.2, -0.15) is 0 Å². The fraction of sp³-hybridized carbons (Fsp3) is 0.400. The Hall–Kier alpha value is -3.28. The fourth-order valence-electron chi connectivity index (χ4n) is 9.35. The molecular weight excluding hydrogens is 613 g/mol. The number of hydrogen-bond acceptors (Lipinski definition) is 1. The van der Waals surface area contributed by atoms with Crippen LogP contribution in [0.2, 0.25) is 16.1 Å². The van der Waals surface area contributed by atoms with Gasteiger partial charge in [0.25, 0.3) is 0 Å². The summed E-state index contributed by atoms with van der Waals surface area (Å²) in [6, 6.07) is 46.7. The van der Waals surface area contributed by atoms with Crippen molar-refractivity contribution in [2.24, 2.45) is 17.3 Å². The molecule has 0 fully saturated rings. The molecule has 3 heteroatoms. The van der Waals surface area contributed by atoms with E-state index in [1.165, 1.54) is 26.3 Å². The first-order chi connectivity index (χ1) is 22.5. The molecular formula is C45H58OSi2. The monoisotopic (exact) mass is 670 g/mol. The van der Waals surface area contributed by atoms with Crippen molar-refractivity contribution >= 4 is 42.7 Å². The molecule has 0 N–H and O–H groups in total. The normalized spacial score (nSPS) is 18.1. The molecule has 0 spiro atoms. The van der Waals surface area contributed by atoms with E-state index in [4.69, 9.17) is 0 Å². The van der Waals surface area contributed by atoms with Gasteiger partial charge in [-0.25, -0.2) is 0 Å². The van der Waals surface area contributed by atoms with Crippen molar-refractivity contribution < 1.29 is 4.79 Å². The van der Waals surface area contributed by atoms with E-state index >= 15 is 0 Å². The maximum atomic E-state index is 14.7. The van der Waals surface area contributed by atoms with Crippen LogP contribution in [0.5, 0.6) is 0 Å². The van der Waals surface area contributed by atoms with E-state index in [9.17, 15) is 4.79 Å². The predicted octanol–water partition coefficient (Wildman–Crippen LogP) is 9.61. The van der Waals surface area contributed by atoms with Gasteiger partial charge in [-0.3, -0.25) is 4.79 Å². The van der Waals surface area contributed by atoms with Crippen LogP contribution in [0.4, 0.5) is 0 Å². The lowest BCUT2D eigenvalue weighted by Gasteiger charge is -2.52. The third kappa shape index (κ3) is 6.41. The van der Waals surface area contributed by atoms with Gasteiger partial charge in [0.1, 0.15) is 21.9 Å². The zero-order valence-corrected chi connectivity index (χ0v) is 33.2. The molecule has 48 heavy (non-hydrogen) atoms. The van der Waals surface area contributed by atoms with E-state index in [0.717, 1.165) is 18.9 Å². The first-order valence-corrected chi connectivity index (χ1v) is 22.2. The summed E-state index contributed by atoms with van der Waals surface area (Å²) in [4.78, 5) is 14.7. The Balaban J connectivity index is 1.82. The number of carbonyl (C=O) groups excluding carboxylic acids is 1. The van der Waals surface area contributed by atoms with Crippen LogP contribution in [-0.2, 0) is 4.79 Å². The standard InChI is InChI=1S/C45H58OSi2/c1-34-40(42(46)43(2,3)4)31-35(33-47(44(5,6)7,36-23-15-11-16-24-36)37-25-17-12-18-26-37)32-41(34)48(45(8,9)10,38-27-19-13-20-28-38)39-29-21-14-22-30-39/h11-30,35,40H,31-33H2,1-10H3. The van der Waals surface area contributed by atoms with E-state index < -0.39 is 21.6 Å². The molecule has 0 bridgehead atoms. The summed E-state index contributed by atoms with van der Waals surface area (Å²) in [5, 5.41) is 7.52. The van der Waals surface area contributed by atoms with Gasteiger partial charge in [0.15, 0.2) is 0 Å². The van der Waals surface area contributed by atoms with Crippen molar-refractivity contribution in [2.75, 3.05) is 0 Å². The third-order valence-electron chi connectivity index (χ3n) is 11.5. The molecule has 0 radical (unpaired) electrons. The van der Waals surface area contributed by atoms with Crippen molar-refractivity contribution in [2.45, 2.75) is 98.2 Å². The van der Waals surface area contributed by atoms with Crippen LogP contribution >= 0.6 is 0 Å². The van der Waals surface area contributed by atoms with E-state index in [1.807, 2.05) is 0 Å².